The van der Waals surface area contributed by atoms with Crippen LogP contribution in [0.1, 0.15) is 50.7 Å². The number of hydrogen-bond acceptors (Lipinski definition) is 3. The highest BCUT2D eigenvalue weighted by Crippen LogP contribution is 2.35. The zero-order valence-electron chi connectivity index (χ0n) is 11.4. The lowest BCUT2D eigenvalue weighted by molar-refractivity contribution is 0.412. The Morgan fingerprint density at radius 3 is 1.67 bits per heavy atom. The highest BCUT2D eigenvalue weighted by atomic mass is 32.2. The topological polar surface area (TPSA) is 63.6 Å². The summed E-state index contributed by atoms with van der Waals surface area (Å²) in [5.41, 5.74) is 1.17. The summed E-state index contributed by atoms with van der Waals surface area (Å²) in [6, 6.07) is 3.33. The van der Waals surface area contributed by atoms with Gasteiger partial charge < -0.3 is 4.74 Å². The molecule has 5 heteroatoms. The van der Waals surface area contributed by atoms with E-state index in [-0.39, 0.29) is 16.7 Å². The standard InChI is InChI=1S/C13H20O4S/c1-8(2)11-6-10(17-5)7-12(9(3)4)13(11)18(14,15)16/h6-9H,1-5H3,(H,14,15,16). The maximum atomic E-state index is 11.6. The molecule has 0 unspecified atom stereocenters. The van der Waals surface area contributed by atoms with E-state index in [4.69, 9.17) is 4.74 Å². The number of methoxy groups -OCH3 is 1. The molecule has 0 aliphatic heterocycles. The van der Waals surface area contributed by atoms with E-state index in [9.17, 15) is 13.0 Å². The highest BCUT2D eigenvalue weighted by Gasteiger charge is 2.24. The molecule has 0 radical (unpaired) electrons. The van der Waals surface area contributed by atoms with Crippen LogP contribution < -0.4 is 4.74 Å². The molecule has 0 aliphatic rings. The number of benzene rings is 1. The second-order valence-electron chi connectivity index (χ2n) is 4.92. The molecule has 4 nitrogen and oxygen atoms in total. The molecule has 0 saturated heterocycles. The van der Waals surface area contributed by atoms with E-state index in [2.05, 4.69) is 0 Å². The van der Waals surface area contributed by atoms with Gasteiger partial charge in [-0.25, -0.2) is 0 Å². The molecule has 1 aromatic rings. The van der Waals surface area contributed by atoms with Gasteiger partial charge in [-0.1, -0.05) is 27.7 Å². The molecule has 0 saturated carbocycles. The third-order valence-corrected chi connectivity index (χ3v) is 3.84. The Labute approximate surface area is 109 Å². The van der Waals surface area contributed by atoms with Gasteiger partial charge in [0.1, 0.15) is 10.6 Å². The van der Waals surface area contributed by atoms with Crippen LogP contribution in [0.5, 0.6) is 5.75 Å². The van der Waals surface area contributed by atoms with Crippen LogP contribution in [-0.2, 0) is 10.1 Å². The summed E-state index contributed by atoms with van der Waals surface area (Å²) in [6.07, 6.45) is 0. The predicted molar refractivity (Wildman–Crippen MR) is 71.0 cm³/mol. The van der Waals surface area contributed by atoms with Gasteiger partial charge in [0.15, 0.2) is 0 Å². The molecule has 1 rings (SSSR count). The normalized spacial score (nSPS) is 12.2. The summed E-state index contributed by atoms with van der Waals surface area (Å²) >= 11 is 0. The Hall–Kier alpha value is -1.07. The van der Waals surface area contributed by atoms with Crippen molar-refractivity contribution in [3.8, 4) is 5.75 Å². The lowest BCUT2D eigenvalue weighted by Gasteiger charge is -2.19. The first-order valence-electron chi connectivity index (χ1n) is 5.87. The highest BCUT2D eigenvalue weighted by molar-refractivity contribution is 7.86. The van der Waals surface area contributed by atoms with Crippen molar-refractivity contribution in [1.82, 2.24) is 0 Å². The zero-order valence-corrected chi connectivity index (χ0v) is 12.2. The fourth-order valence-corrected chi connectivity index (χ4v) is 3.10. The van der Waals surface area contributed by atoms with Crippen LogP contribution >= 0.6 is 0 Å². The Morgan fingerprint density at radius 2 is 1.44 bits per heavy atom. The average molecular weight is 272 g/mol. The molecule has 0 atom stereocenters. The van der Waals surface area contributed by atoms with Crippen LogP contribution in [0, 0.1) is 0 Å². The molecule has 0 aliphatic carbocycles. The third-order valence-electron chi connectivity index (χ3n) is 2.86. The second kappa shape index (κ2) is 5.28. The van der Waals surface area contributed by atoms with Crippen LogP contribution in [0.3, 0.4) is 0 Å². The molecule has 0 aromatic heterocycles. The first kappa shape index (κ1) is 15.0. The molecular formula is C13H20O4S. The maximum absolute atomic E-state index is 11.6. The third kappa shape index (κ3) is 3.03. The average Bonchev–Trinajstić information content (AvgIpc) is 2.25. The number of ether oxygens (including phenoxy) is 1. The van der Waals surface area contributed by atoms with Crippen LogP contribution in [-0.4, -0.2) is 20.1 Å². The zero-order chi connectivity index (χ0) is 14.1. The van der Waals surface area contributed by atoms with Crippen LogP contribution in [0.2, 0.25) is 0 Å². The summed E-state index contributed by atoms with van der Waals surface area (Å²) in [6.45, 7) is 7.53. The van der Waals surface area contributed by atoms with Crippen LogP contribution in [0.15, 0.2) is 17.0 Å². The van der Waals surface area contributed by atoms with Gasteiger partial charge >= 0.3 is 0 Å². The first-order chi connectivity index (χ1) is 8.18. The Morgan fingerprint density at radius 1 is 1.06 bits per heavy atom. The van der Waals surface area contributed by atoms with E-state index >= 15 is 0 Å². The van der Waals surface area contributed by atoms with Crippen molar-refractivity contribution in [1.29, 1.82) is 0 Å². The Kier molecular flexibility index (Phi) is 4.40. The van der Waals surface area contributed by atoms with E-state index in [0.29, 0.717) is 16.9 Å². The van der Waals surface area contributed by atoms with E-state index in [1.807, 2.05) is 27.7 Å². The lowest BCUT2D eigenvalue weighted by Crippen LogP contribution is -2.10. The van der Waals surface area contributed by atoms with Gasteiger partial charge in [0.25, 0.3) is 10.1 Å². The van der Waals surface area contributed by atoms with E-state index in [0.717, 1.165) is 0 Å². The number of hydrogen-bond donors (Lipinski definition) is 1. The van der Waals surface area contributed by atoms with Crippen molar-refractivity contribution in [3.05, 3.63) is 23.3 Å². The molecule has 18 heavy (non-hydrogen) atoms. The summed E-state index contributed by atoms with van der Waals surface area (Å²) in [5.74, 6) is 0.568. The molecule has 0 heterocycles. The summed E-state index contributed by atoms with van der Waals surface area (Å²) in [7, 11) is -2.70. The van der Waals surface area contributed by atoms with Crippen molar-refractivity contribution in [2.24, 2.45) is 0 Å². The minimum atomic E-state index is -4.23. The molecule has 0 fully saturated rings. The van der Waals surface area contributed by atoms with Crippen molar-refractivity contribution in [2.75, 3.05) is 7.11 Å². The molecule has 0 spiro atoms. The maximum Gasteiger partial charge on any atom is 0.295 e. The summed E-state index contributed by atoms with van der Waals surface area (Å²) < 4.78 is 37.8. The fourth-order valence-electron chi connectivity index (χ4n) is 1.92. The minimum absolute atomic E-state index is 0.0190. The molecular weight excluding hydrogens is 252 g/mol. The lowest BCUT2D eigenvalue weighted by atomic mass is 9.95. The van der Waals surface area contributed by atoms with Gasteiger partial charge in [0.05, 0.1) is 7.11 Å². The monoisotopic (exact) mass is 272 g/mol. The Balaban J connectivity index is 3.73. The van der Waals surface area contributed by atoms with Gasteiger partial charge in [0.2, 0.25) is 0 Å². The van der Waals surface area contributed by atoms with E-state index in [1.54, 1.807) is 12.1 Å². The van der Waals surface area contributed by atoms with Crippen molar-refractivity contribution in [3.63, 3.8) is 0 Å². The molecule has 102 valence electrons. The molecule has 0 amide bonds. The summed E-state index contributed by atoms with van der Waals surface area (Å²) in [5, 5.41) is 0. The van der Waals surface area contributed by atoms with Crippen molar-refractivity contribution < 1.29 is 17.7 Å². The van der Waals surface area contributed by atoms with Gasteiger partial charge in [0, 0.05) is 0 Å². The fraction of sp³-hybridized carbons (Fsp3) is 0.538. The number of rotatable bonds is 4. The van der Waals surface area contributed by atoms with Crippen molar-refractivity contribution in [2.45, 2.75) is 44.4 Å². The van der Waals surface area contributed by atoms with Gasteiger partial charge in [-0.05, 0) is 35.1 Å². The van der Waals surface area contributed by atoms with Gasteiger partial charge in [-0.3, -0.25) is 4.55 Å². The second-order valence-corrected chi connectivity index (χ2v) is 6.28. The molecule has 1 aromatic carbocycles. The molecule has 1 N–H and O–H groups in total. The SMILES string of the molecule is COc1cc(C(C)C)c(S(=O)(=O)O)c(C(C)C)c1. The van der Waals surface area contributed by atoms with Crippen LogP contribution in [0.25, 0.3) is 0 Å². The predicted octanol–water partition coefficient (Wildman–Crippen LogP) is 3.19. The Bertz CT molecular complexity index is 501. The first-order valence-corrected chi connectivity index (χ1v) is 7.31. The van der Waals surface area contributed by atoms with E-state index < -0.39 is 10.1 Å². The smallest absolute Gasteiger partial charge is 0.295 e. The van der Waals surface area contributed by atoms with Gasteiger partial charge in [-0.15, -0.1) is 0 Å². The minimum Gasteiger partial charge on any atom is -0.497 e. The molecule has 0 bridgehead atoms. The van der Waals surface area contributed by atoms with Crippen LogP contribution in [0.4, 0.5) is 0 Å². The van der Waals surface area contributed by atoms with E-state index in [1.165, 1.54) is 7.11 Å². The van der Waals surface area contributed by atoms with Gasteiger partial charge in [-0.2, -0.15) is 8.42 Å². The summed E-state index contributed by atoms with van der Waals surface area (Å²) in [4.78, 5) is 0.0216. The van der Waals surface area contributed by atoms with Crippen molar-refractivity contribution >= 4 is 10.1 Å². The quantitative estimate of drug-likeness (QED) is 0.855. The largest absolute Gasteiger partial charge is 0.497 e.